The second-order valence-corrected chi connectivity index (χ2v) is 11.8. The van der Waals surface area contributed by atoms with Crippen LogP contribution in [0.4, 0.5) is 0 Å². The number of phenols is 1. The molecule has 1 N–H and O–H groups in total. The molecule has 0 atom stereocenters. The number of phenolic OH excluding ortho intramolecular Hbond substituents is 1. The van der Waals surface area contributed by atoms with E-state index in [1.807, 2.05) is 18.2 Å². The lowest BCUT2D eigenvalue weighted by molar-refractivity contribution is -0.0209. The summed E-state index contributed by atoms with van der Waals surface area (Å²) in [6.07, 6.45) is 6.62. The first-order chi connectivity index (χ1) is 19.9. The average Bonchev–Trinajstić information content (AvgIpc) is 2.98. The molecule has 41 heavy (non-hydrogen) atoms. The van der Waals surface area contributed by atoms with Gasteiger partial charge in [0.1, 0.15) is 23.9 Å². The van der Waals surface area contributed by atoms with Gasteiger partial charge in [-0.3, -0.25) is 4.79 Å². The highest BCUT2D eigenvalue weighted by Gasteiger charge is 2.35. The number of rotatable bonds is 10. The van der Waals surface area contributed by atoms with Crippen molar-refractivity contribution in [3.8, 4) is 28.4 Å². The highest BCUT2D eigenvalue weighted by Crippen LogP contribution is 2.40. The molecule has 3 aromatic rings. The first-order valence-electron chi connectivity index (χ1n) is 14.6. The van der Waals surface area contributed by atoms with Crippen molar-refractivity contribution in [2.75, 3.05) is 39.5 Å². The van der Waals surface area contributed by atoms with Gasteiger partial charge in [-0.2, -0.15) is 0 Å². The Kier molecular flexibility index (Phi) is 9.53. The van der Waals surface area contributed by atoms with E-state index < -0.39 is 0 Å². The lowest BCUT2D eigenvalue weighted by Gasteiger charge is -2.44. The van der Waals surface area contributed by atoms with Crippen molar-refractivity contribution in [2.24, 2.45) is 5.41 Å². The molecule has 3 aromatic carbocycles. The van der Waals surface area contributed by atoms with E-state index in [2.05, 4.69) is 36.9 Å². The highest BCUT2D eigenvalue weighted by atomic mass is 35.5. The van der Waals surface area contributed by atoms with Crippen molar-refractivity contribution in [3.05, 3.63) is 75.8 Å². The lowest BCUT2D eigenvalue weighted by atomic mass is 9.72. The molecule has 0 saturated carbocycles. The topological polar surface area (TPSA) is 68.2 Å². The summed E-state index contributed by atoms with van der Waals surface area (Å²) in [5.74, 6) is 1.09. The van der Waals surface area contributed by atoms with E-state index >= 15 is 0 Å². The molecule has 218 valence electrons. The molecule has 0 amide bonds. The monoisotopic (exact) mass is 577 g/mol. The zero-order valence-corrected chi connectivity index (χ0v) is 24.8. The van der Waals surface area contributed by atoms with Crippen LogP contribution in [0.15, 0.2) is 48.5 Å². The molecule has 6 nitrogen and oxygen atoms in total. The third-order valence-electron chi connectivity index (χ3n) is 8.96. The van der Waals surface area contributed by atoms with E-state index in [1.54, 1.807) is 0 Å². The zero-order chi connectivity index (χ0) is 28.8. The number of piperidine rings is 1. The van der Waals surface area contributed by atoms with Crippen molar-refractivity contribution in [1.82, 2.24) is 4.90 Å². The zero-order valence-electron chi connectivity index (χ0n) is 24.1. The number of nitrogens with zero attached hydrogens (tertiary/aromatic N) is 1. The molecule has 2 saturated heterocycles. The van der Waals surface area contributed by atoms with Crippen LogP contribution in [0.2, 0.25) is 5.02 Å². The van der Waals surface area contributed by atoms with Gasteiger partial charge in [0.2, 0.25) is 0 Å². The molecule has 0 radical (unpaired) electrons. The van der Waals surface area contributed by atoms with Gasteiger partial charge in [-0.1, -0.05) is 41.9 Å². The fourth-order valence-electron chi connectivity index (χ4n) is 6.14. The number of likely N-dealkylation sites (tertiary alicyclic amines) is 1. The van der Waals surface area contributed by atoms with Crippen molar-refractivity contribution in [2.45, 2.75) is 52.6 Å². The Morgan fingerprint density at radius 3 is 2.39 bits per heavy atom. The normalized spacial score (nSPS) is 17.0. The molecule has 2 aliphatic heterocycles. The Labute approximate surface area is 248 Å². The number of ether oxygens (including phenoxy) is 3. The van der Waals surface area contributed by atoms with Crippen LogP contribution in [0.1, 0.15) is 59.2 Å². The lowest BCUT2D eigenvalue weighted by Crippen LogP contribution is -2.43. The van der Waals surface area contributed by atoms with Gasteiger partial charge < -0.3 is 24.2 Å². The summed E-state index contributed by atoms with van der Waals surface area (Å²) >= 11 is 6.26. The molecule has 7 heteroatoms. The van der Waals surface area contributed by atoms with Gasteiger partial charge in [0.25, 0.3) is 0 Å². The summed E-state index contributed by atoms with van der Waals surface area (Å²) in [5, 5.41) is 10.3. The van der Waals surface area contributed by atoms with E-state index in [0.29, 0.717) is 24.1 Å². The number of aromatic hydroxyl groups is 1. The SMILES string of the molecule is Cc1c(COc2cc(O)c(C=O)cc2Cl)cccc1-c1cccc(OCCCN2CCC3(CCOCC3)CC2)c1C. The predicted molar refractivity (Wildman–Crippen MR) is 162 cm³/mol. The summed E-state index contributed by atoms with van der Waals surface area (Å²) in [6, 6.07) is 15.2. The van der Waals surface area contributed by atoms with Gasteiger partial charge in [-0.15, -0.1) is 0 Å². The molecule has 2 fully saturated rings. The van der Waals surface area contributed by atoms with E-state index in [1.165, 1.54) is 50.9 Å². The summed E-state index contributed by atoms with van der Waals surface area (Å²) in [4.78, 5) is 13.6. The van der Waals surface area contributed by atoms with E-state index in [9.17, 15) is 9.90 Å². The third kappa shape index (κ3) is 6.88. The fourth-order valence-corrected chi connectivity index (χ4v) is 6.37. The molecule has 0 aromatic heterocycles. The average molecular weight is 578 g/mol. The summed E-state index contributed by atoms with van der Waals surface area (Å²) in [6.45, 7) is 10.5. The molecule has 0 unspecified atom stereocenters. The number of carbonyl (C=O) groups excluding carboxylic acids is 1. The second-order valence-electron chi connectivity index (χ2n) is 11.4. The van der Waals surface area contributed by atoms with Crippen LogP contribution >= 0.6 is 11.6 Å². The van der Waals surface area contributed by atoms with E-state index in [0.717, 1.165) is 59.7 Å². The summed E-state index contributed by atoms with van der Waals surface area (Å²) < 4.78 is 17.8. The van der Waals surface area contributed by atoms with Crippen LogP contribution in [-0.4, -0.2) is 55.7 Å². The Morgan fingerprint density at radius 2 is 1.66 bits per heavy atom. The molecule has 2 aliphatic rings. The first kappa shape index (κ1) is 29.4. The van der Waals surface area contributed by atoms with Crippen LogP contribution in [0.5, 0.6) is 17.2 Å². The van der Waals surface area contributed by atoms with Gasteiger partial charge in [0.05, 0.1) is 17.2 Å². The number of hydrogen-bond acceptors (Lipinski definition) is 6. The quantitative estimate of drug-likeness (QED) is 0.200. The van der Waals surface area contributed by atoms with Crippen LogP contribution in [0.25, 0.3) is 11.1 Å². The summed E-state index contributed by atoms with van der Waals surface area (Å²) in [5.41, 5.74) is 6.14. The molecule has 5 rings (SSSR count). The third-order valence-corrected chi connectivity index (χ3v) is 9.25. The van der Waals surface area contributed by atoms with Crippen LogP contribution in [-0.2, 0) is 11.3 Å². The van der Waals surface area contributed by atoms with Crippen molar-refractivity contribution >= 4 is 17.9 Å². The standard InChI is InChI=1S/C34H40ClNO5/c1-24-26(23-41-33-21-31(38)27(22-37)20-30(33)35)6-3-7-28(24)29-8-4-9-32(25(29)2)40-17-5-14-36-15-10-34(11-16-36)12-18-39-19-13-34/h3-4,6-9,20-22,38H,5,10-19,23H2,1-2H3. The number of benzene rings is 3. The Hall–Kier alpha value is -3.06. The Balaban J connectivity index is 1.18. The van der Waals surface area contributed by atoms with Gasteiger partial charge in [-0.25, -0.2) is 0 Å². The number of aldehydes is 1. The molecule has 1 spiro atoms. The maximum atomic E-state index is 11.1. The molecule has 2 heterocycles. The van der Waals surface area contributed by atoms with E-state index in [-0.39, 0.29) is 22.9 Å². The molecule has 0 aliphatic carbocycles. The number of halogens is 1. The van der Waals surface area contributed by atoms with Crippen LogP contribution < -0.4 is 9.47 Å². The molecule has 0 bridgehead atoms. The second kappa shape index (κ2) is 13.3. The Morgan fingerprint density at radius 1 is 0.951 bits per heavy atom. The van der Waals surface area contributed by atoms with E-state index in [4.69, 9.17) is 25.8 Å². The van der Waals surface area contributed by atoms with Crippen molar-refractivity contribution < 1.29 is 24.1 Å². The highest BCUT2D eigenvalue weighted by molar-refractivity contribution is 6.32. The minimum Gasteiger partial charge on any atom is -0.507 e. The predicted octanol–water partition coefficient (Wildman–Crippen LogP) is 7.38. The van der Waals surface area contributed by atoms with Crippen molar-refractivity contribution in [3.63, 3.8) is 0 Å². The van der Waals surface area contributed by atoms with Gasteiger partial charge >= 0.3 is 0 Å². The minimum atomic E-state index is -0.156. The largest absolute Gasteiger partial charge is 0.507 e. The van der Waals surface area contributed by atoms with Crippen LogP contribution in [0, 0.1) is 19.3 Å². The van der Waals surface area contributed by atoms with Gasteiger partial charge in [0.15, 0.2) is 6.29 Å². The van der Waals surface area contributed by atoms with Crippen molar-refractivity contribution in [1.29, 1.82) is 0 Å². The number of carbonyl (C=O) groups is 1. The molecular weight excluding hydrogens is 538 g/mol. The maximum absolute atomic E-state index is 11.1. The maximum Gasteiger partial charge on any atom is 0.153 e. The molecular formula is C34H40ClNO5. The van der Waals surface area contributed by atoms with Crippen LogP contribution in [0.3, 0.4) is 0 Å². The number of hydrogen-bond donors (Lipinski definition) is 1. The first-order valence-corrected chi connectivity index (χ1v) is 15.0. The summed E-state index contributed by atoms with van der Waals surface area (Å²) in [7, 11) is 0. The smallest absolute Gasteiger partial charge is 0.153 e. The fraction of sp³-hybridized carbons (Fsp3) is 0.441. The Bertz CT molecular complexity index is 1360. The van der Waals surface area contributed by atoms with Gasteiger partial charge in [-0.05, 0) is 104 Å². The minimum absolute atomic E-state index is 0.132. The van der Waals surface area contributed by atoms with Gasteiger partial charge in [0, 0.05) is 25.8 Å².